The first-order valence-electron chi connectivity index (χ1n) is 3.58. The molecule has 13 heavy (non-hydrogen) atoms. The highest BCUT2D eigenvalue weighted by Crippen LogP contribution is 2.08. The summed E-state index contributed by atoms with van der Waals surface area (Å²) in [6, 6.07) is 3.10. The van der Waals surface area contributed by atoms with Gasteiger partial charge in [-0.05, 0) is 5.56 Å². The van der Waals surface area contributed by atoms with E-state index in [9.17, 15) is 4.39 Å². The second-order valence-corrected chi connectivity index (χ2v) is 3.14. The molecule has 0 aromatic carbocycles. The van der Waals surface area contributed by atoms with E-state index >= 15 is 0 Å². The number of allylic oxidation sites excluding steroid dienone is 1. The van der Waals surface area contributed by atoms with Crippen molar-refractivity contribution in [2.24, 2.45) is 0 Å². The summed E-state index contributed by atoms with van der Waals surface area (Å²) in [6.45, 7) is 3.52. The van der Waals surface area contributed by atoms with Crippen LogP contribution in [-0.2, 0) is 0 Å². The smallest absolute Gasteiger partial charge is 0.213 e. The van der Waals surface area contributed by atoms with Gasteiger partial charge in [0.15, 0.2) is 0 Å². The standard InChI is InChI=1S/C8H7BFN2P/c1-4(3-11)5-2-6(10)12-8(13)7(5)9/h2H,1,9,13H2. The number of hydrogen-bond acceptors (Lipinski definition) is 2. The SMILES string of the molecule is Bc1c(C(=C)C#N)cc(F)nc1P. The molecule has 64 valence electrons. The highest BCUT2D eigenvalue weighted by molar-refractivity contribution is 7.28. The molecule has 0 amide bonds. The van der Waals surface area contributed by atoms with Crippen LogP contribution in [0, 0.1) is 17.3 Å². The van der Waals surface area contributed by atoms with Crippen LogP contribution in [0.1, 0.15) is 5.56 Å². The highest BCUT2D eigenvalue weighted by Gasteiger charge is 2.07. The van der Waals surface area contributed by atoms with Gasteiger partial charge in [-0.2, -0.15) is 9.65 Å². The number of halogens is 1. The first-order valence-corrected chi connectivity index (χ1v) is 4.16. The fourth-order valence-corrected chi connectivity index (χ4v) is 1.25. The average Bonchev–Trinajstić information content (AvgIpc) is 2.10. The number of nitriles is 1. The molecule has 2 nitrogen and oxygen atoms in total. The Bertz CT molecular complexity index is 411. The van der Waals surface area contributed by atoms with E-state index < -0.39 is 5.95 Å². The van der Waals surface area contributed by atoms with E-state index in [1.165, 1.54) is 6.07 Å². The Labute approximate surface area is 79.1 Å². The summed E-state index contributed by atoms with van der Waals surface area (Å²) in [5.41, 5.74) is 2.03. The topological polar surface area (TPSA) is 36.7 Å². The lowest BCUT2D eigenvalue weighted by Gasteiger charge is -2.05. The maximum Gasteiger partial charge on any atom is 0.213 e. The van der Waals surface area contributed by atoms with Gasteiger partial charge in [0.1, 0.15) is 7.85 Å². The Morgan fingerprint density at radius 3 is 2.92 bits per heavy atom. The zero-order valence-electron chi connectivity index (χ0n) is 7.13. The first kappa shape index (κ1) is 9.89. The fourth-order valence-electron chi connectivity index (χ4n) is 0.970. The molecule has 0 spiro atoms. The number of pyridine rings is 1. The molecule has 1 rings (SSSR count). The molecule has 0 fully saturated rings. The predicted molar refractivity (Wildman–Crippen MR) is 56.4 cm³/mol. The van der Waals surface area contributed by atoms with Crippen LogP contribution in [0.4, 0.5) is 4.39 Å². The Balaban J connectivity index is 3.38. The van der Waals surface area contributed by atoms with Gasteiger partial charge in [0.05, 0.1) is 17.1 Å². The van der Waals surface area contributed by atoms with Crippen LogP contribution < -0.4 is 10.9 Å². The minimum atomic E-state index is -0.595. The molecular formula is C8H7BFN2P. The Morgan fingerprint density at radius 1 is 1.77 bits per heavy atom. The fraction of sp³-hybridized carbons (Fsp3) is 0. The van der Waals surface area contributed by atoms with Gasteiger partial charge in [-0.25, -0.2) is 4.98 Å². The van der Waals surface area contributed by atoms with Crippen molar-refractivity contribution in [2.45, 2.75) is 0 Å². The zero-order valence-corrected chi connectivity index (χ0v) is 8.29. The summed E-state index contributed by atoms with van der Waals surface area (Å²) in [6.07, 6.45) is 0. The number of nitrogens with zero attached hydrogens (tertiary/aromatic N) is 2. The molecule has 0 aliphatic heterocycles. The van der Waals surface area contributed by atoms with Crippen LogP contribution in [0.15, 0.2) is 12.6 Å². The number of aromatic nitrogens is 1. The van der Waals surface area contributed by atoms with Gasteiger partial charge >= 0.3 is 0 Å². The molecule has 1 aromatic rings. The van der Waals surface area contributed by atoms with Crippen molar-refractivity contribution in [3.8, 4) is 6.07 Å². The van der Waals surface area contributed by atoms with Gasteiger partial charge < -0.3 is 0 Å². The minimum absolute atomic E-state index is 0.252. The molecule has 0 saturated carbocycles. The van der Waals surface area contributed by atoms with Gasteiger partial charge in [0.25, 0.3) is 0 Å². The average molecular weight is 192 g/mol. The van der Waals surface area contributed by atoms with Crippen molar-refractivity contribution in [1.82, 2.24) is 4.98 Å². The van der Waals surface area contributed by atoms with Crippen molar-refractivity contribution in [2.75, 3.05) is 0 Å². The molecule has 0 aliphatic carbocycles. The minimum Gasteiger partial charge on any atom is -0.221 e. The second kappa shape index (κ2) is 3.68. The third-order valence-corrected chi connectivity index (χ3v) is 2.30. The quantitative estimate of drug-likeness (QED) is 0.260. The normalized spacial score (nSPS) is 9.31. The van der Waals surface area contributed by atoms with Crippen LogP contribution in [-0.4, -0.2) is 12.8 Å². The third kappa shape index (κ3) is 1.94. The molecule has 1 atom stereocenters. The lowest BCUT2D eigenvalue weighted by atomic mass is 9.89. The molecular weight excluding hydrogens is 185 g/mol. The maximum absolute atomic E-state index is 12.8. The van der Waals surface area contributed by atoms with Crippen LogP contribution in [0.5, 0.6) is 0 Å². The lowest BCUT2D eigenvalue weighted by Crippen LogP contribution is -2.27. The van der Waals surface area contributed by atoms with Crippen LogP contribution >= 0.6 is 9.24 Å². The lowest BCUT2D eigenvalue weighted by molar-refractivity contribution is 0.587. The van der Waals surface area contributed by atoms with E-state index in [2.05, 4.69) is 20.8 Å². The van der Waals surface area contributed by atoms with E-state index in [1.807, 2.05) is 6.07 Å². The van der Waals surface area contributed by atoms with Gasteiger partial charge in [0.2, 0.25) is 5.95 Å². The summed E-state index contributed by atoms with van der Waals surface area (Å²) >= 11 is 0. The van der Waals surface area contributed by atoms with Crippen molar-refractivity contribution in [1.29, 1.82) is 5.26 Å². The molecule has 1 heterocycles. The second-order valence-electron chi connectivity index (χ2n) is 2.59. The number of rotatable bonds is 1. The van der Waals surface area contributed by atoms with Gasteiger partial charge in [-0.3, -0.25) is 0 Å². The third-order valence-electron chi connectivity index (χ3n) is 1.74. The van der Waals surface area contributed by atoms with Crippen LogP contribution in [0.3, 0.4) is 0 Å². The van der Waals surface area contributed by atoms with E-state index in [0.29, 0.717) is 11.0 Å². The molecule has 1 unspecified atom stereocenters. The monoisotopic (exact) mass is 192 g/mol. The molecule has 5 heteroatoms. The summed E-state index contributed by atoms with van der Waals surface area (Å²) in [5.74, 6) is -0.595. The molecule has 0 saturated heterocycles. The van der Waals surface area contributed by atoms with E-state index in [0.717, 1.165) is 5.46 Å². The Hall–Kier alpha value is -1.20. The summed E-state index contributed by atoms with van der Waals surface area (Å²) < 4.78 is 12.8. The van der Waals surface area contributed by atoms with Crippen molar-refractivity contribution in [3.05, 3.63) is 24.2 Å². The van der Waals surface area contributed by atoms with Crippen LogP contribution in [0.2, 0.25) is 0 Å². The molecule has 1 aromatic heterocycles. The molecule has 0 aliphatic rings. The van der Waals surface area contributed by atoms with Crippen molar-refractivity contribution < 1.29 is 4.39 Å². The van der Waals surface area contributed by atoms with Crippen molar-refractivity contribution in [3.63, 3.8) is 0 Å². The molecule has 0 radical (unpaired) electrons. The maximum atomic E-state index is 12.8. The van der Waals surface area contributed by atoms with E-state index in [-0.39, 0.29) is 5.57 Å². The summed E-state index contributed by atoms with van der Waals surface area (Å²) in [7, 11) is 4.09. The summed E-state index contributed by atoms with van der Waals surface area (Å²) in [4.78, 5) is 3.60. The van der Waals surface area contributed by atoms with Crippen LogP contribution in [0.25, 0.3) is 5.57 Å². The van der Waals surface area contributed by atoms with E-state index in [4.69, 9.17) is 5.26 Å². The highest BCUT2D eigenvalue weighted by atomic mass is 31.0. The van der Waals surface area contributed by atoms with Crippen molar-refractivity contribution >= 4 is 33.6 Å². The van der Waals surface area contributed by atoms with E-state index in [1.54, 1.807) is 7.85 Å². The van der Waals surface area contributed by atoms with Gasteiger partial charge in [-0.1, -0.05) is 21.3 Å². The Kier molecular flexibility index (Phi) is 2.80. The first-order chi connectivity index (χ1) is 6.06. The molecule has 0 bridgehead atoms. The van der Waals surface area contributed by atoms with Gasteiger partial charge in [-0.15, -0.1) is 0 Å². The summed E-state index contributed by atoms with van der Waals surface area (Å²) in [5, 5.41) is 8.60. The predicted octanol–water partition coefficient (Wildman–Crippen LogP) is -0.484. The molecule has 0 N–H and O–H groups in total. The van der Waals surface area contributed by atoms with Gasteiger partial charge in [0, 0.05) is 6.07 Å². The number of hydrogen-bond donors (Lipinski definition) is 0. The zero-order chi connectivity index (χ0) is 10.0. The largest absolute Gasteiger partial charge is 0.221 e. The Morgan fingerprint density at radius 2 is 2.38 bits per heavy atom.